The molecule has 0 fully saturated rings. The van der Waals surface area contributed by atoms with Crippen molar-refractivity contribution in [2.24, 2.45) is 0 Å². The van der Waals surface area contributed by atoms with E-state index in [1.165, 1.54) is 0 Å². The van der Waals surface area contributed by atoms with E-state index in [1.807, 2.05) is 18.2 Å². The number of hydrogen-bond acceptors (Lipinski definition) is 3. The summed E-state index contributed by atoms with van der Waals surface area (Å²) in [5, 5.41) is 0. The molecule has 0 saturated heterocycles. The molecule has 0 bridgehead atoms. The topological polar surface area (TPSA) is 26.3 Å². The number of hydrogen-bond donors (Lipinski definition) is 0. The van der Waals surface area contributed by atoms with E-state index in [0.29, 0.717) is 6.42 Å². The molecule has 1 heterocycles. The summed E-state index contributed by atoms with van der Waals surface area (Å²) >= 11 is 1.79. The van der Waals surface area contributed by atoms with Gasteiger partial charge in [0.05, 0.1) is 7.11 Å². The van der Waals surface area contributed by atoms with Crippen LogP contribution in [0.2, 0.25) is 0 Å². The average Bonchev–Trinajstić information content (AvgIpc) is 2.41. The van der Waals surface area contributed by atoms with Crippen LogP contribution in [0.15, 0.2) is 18.2 Å². The third-order valence-corrected chi connectivity index (χ3v) is 3.36. The van der Waals surface area contributed by atoms with Gasteiger partial charge in [-0.2, -0.15) is 11.8 Å². The van der Waals surface area contributed by atoms with Crippen molar-refractivity contribution in [1.29, 1.82) is 0 Å². The van der Waals surface area contributed by atoms with Crippen LogP contribution in [0.5, 0.6) is 5.75 Å². The molecule has 0 radical (unpaired) electrons. The van der Waals surface area contributed by atoms with E-state index >= 15 is 0 Å². The summed E-state index contributed by atoms with van der Waals surface area (Å²) in [6, 6.07) is 5.69. The molecule has 74 valence electrons. The maximum Gasteiger partial charge on any atom is 0.164 e. The maximum absolute atomic E-state index is 11.7. The third kappa shape index (κ3) is 1.64. The highest BCUT2D eigenvalue weighted by Gasteiger charge is 2.18. The molecule has 0 saturated carbocycles. The van der Waals surface area contributed by atoms with E-state index in [-0.39, 0.29) is 5.78 Å². The van der Waals surface area contributed by atoms with Crippen LogP contribution in [0.3, 0.4) is 0 Å². The predicted molar refractivity (Wildman–Crippen MR) is 58.1 cm³/mol. The SMILES string of the molecule is COc1cccc2c1CSCCC2=O. The van der Waals surface area contributed by atoms with Crippen LogP contribution >= 0.6 is 11.8 Å². The van der Waals surface area contributed by atoms with E-state index < -0.39 is 0 Å². The Kier molecular flexibility index (Phi) is 2.77. The Morgan fingerprint density at radius 1 is 1.43 bits per heavy atom. The van der Waals surface area contributed by atoms with Crippen LogP contribution in [0, 0.1) is 0 Å². The number of carbonyl (C=O) groups is 1. The summed E-state index contributed by atoms with van der Waals surface area (Å²) in [6.45, 7) is 0. The highest BCUT2D eigenvalue weighted by molar-refractivity contribution is 7.98. The van der Waals surface area contributed by atoms with Crippen LogP contribution in [0.4, 0.5) is 0 Å². The fourth-order valence-electron chi connectivity index (χ4n) is 1.64. The van der Waals surface area contributed by atoms with Crippen molar-refractivity contribution < 1.29 is 9.53 Å². The molecule has 1 aliphatic heterocycles. The molecule has 1 aromatic rings. The number of benzene rings is 1. The van der Waals surface area contributed by atoms with Gasteiger partial charge in [0.25, 0.3) is 0 Å². The fourth-order valence-corrected chi connectivity index (χ4v) is 2.62. The van der Waals surface area contributed by atoms with Gasteiger partial charge in [0, 0.05) is 29.1 Å². The Morgan fingerprint density at radius 3 is 3.07 bits per heavy atom. The van der Waals surface area contributed by atoms with Gasteiger partial charge < -0.3 is 4.74 Å². The third-order valence-electron chi connectivity index (χ3n) is 2.37. The molecule has 0 aliphatic carbocycles. The number of methoxy groups -OCH3 is 1. The van der Waals surface area contributed by atoms with Crippen LogP contribution < -0.4 is 4.74 Å². The lowest BCUT2D eigenvalue weighted by molar-refractivity contribution is 0.0989. The average molecular weight is 208 g/mol. The molecule has 0 N–H and O–H groups in total. The predicted octanol–water partition coefficient (Wildman–Crippen LogP) is 2.51. The molecule has 2 rings (SSSR count). The first kappa shape index (κ1) is 9.59. The molecule has 0 aromatic heterocycles. The lowest BCUT2D eigenvalue weighted by Gasteiger charge is -2.09. The van der Waals surface area contributed by atoms with Crippen LogP contribution in [-0.2, 0) is 5.75 Å². The normalized spacial score (nSPS) is 15.9. The Labute approximate surface area is 87.6 Å². The molecule has 0 unspecified atom stereocenters. The first-order chi connectivity index (χ1) is 6.83. The van der Waals surface area contributed by atoms with Gasteiger partial charge in [-0.3, -0.25) is 4.79 Å². The first-order valence-corrected chi connectivity index (χ1v) is 5.75. The highest BCUT2D eigenvalue weighted by Crippen LogP contribution is 2.30. The van der Waals surface area contributed by atoms with Crippen LogP contribution in [0.1, 0.15) is 22.3 Å². The Bertz CT molecular complexity index is 360. The maximum atomic E-state index is 11.7. The van der Waals surface area contributed by atoms with Crippen LogP contribution in [0.25, 0.3) is 0 Å². The zero-order valence-electron chi connectivity index (χ0n) is 8.08. The summed E-state index contributed by atoms with van der Waals surface area (Å²) in [6.07, 6.45) is 0.644. The van der Waals surface area contributed by atoms with Gasteiger partial charge in [0.15, 0.2) is 5.78 Å². The lowest BCUT2D eigenvalue weighted by Crippen LogP contribution is -2.02. The van der Waals surface area contributed by atoms with Gasteiger partial charge in [-0.1, -0.05) is 12.1 Å². The zero-order valence-corrected chi connectivity index (χ0v) is 8.89. The minimum Gasteiger partial charge on any atom is -0.496 e. The van der Waals surface area contributed by atoms with E-state index in [2.05, 4.69) is 0 Å². The molecule has 0 atom stereocenters. The molecule has 3 heteroatoms. The second-order valence-electron chi connectivity index (χ2n) is 3.21. The van der Waals surface area contributed by atoms with Crippen LogP contribution in [-0.4, -0.2) is 18.6 Å². The van der Waals surface area contributed by atoms with Crippen molar-refractivity contribution in [3.8, 4) is 5.75 Å². The summed E-state index contributed by atoms with van der Waals surface area (Å²) in [5.74, 6) is 2.87. The number of fused-ring (bicyclic) bond motifs is 1. The van der Waals surface area contributed by atoms with Gasteiger partial charge in [-0.05, 0) is 6.07 Å². The monoisotopic (exact) mass is 208 g/mol. The van der Waals surface area contributed by atoms with Gasteiger partial charge in [-0.25, -0.2) is 0 Å². The standard InChI is InChI=1S/C11H12O2S/c1-13-11-4-2-3-8-9(11)7-14-6-5-10(8)12/h2-4H,5-7H2,1H3. The van der Waals surface area contributed by atoms with Crippen molar-refractivity contribution in [2.75, 3.05) is 12.9 Å². The summed E-state index contributed by atoms with van der Waals surface area (Å²) < 4.78 is 5.25. The van der Waals surface area contributed by atoms with E-state index in [4.69, 9.17) is 4.74 Å². The zero-order chi connectivity index (χ0) is 9.97. The molecule has 1 aliphatic rings. The number of ether oxygens (including phenoxy) is 1. The van der Waals surface area contributed by atoms with Gasteiger partial charge in [0.2, 0.25) is 0 Å². The Morgan fingerprint density at radius 2 is 2.29 bits per heavy atom. The fraction of sp³-hybridized carbons (Fsp3) is 0.364. The number of ketones is 1. The van der Waals surface area contributed by atoms with Gasteiger partial charge in [0.1, 0.15) is 5.75 Å². The molecule has 0 amide bonds. The Hall–Kier alpha value is -0.960. The molecular weight excluding hydrogens is 196 g/mol. The second kappa shape index (κ2) is 4.05. The van der Waals surface area contributed by atoms with Crippen molar-refractivity contribution >= 4 is 17.5 Å². The minimum atomic E-state index is 0.240. The molecule has 0 spiro atoms. The summed E-state index contributed by atoms with van der Waals surface area (Å²) in [7, 11) is 1.65. The molecule has 14 heavy (non-hydrogen) atoms. The number of carbonyl (C=O) groups excluding carboxylic acids is 1. The number of rotatable bonds is 1. The molecular formula is C11H12O2S. The quantitative estimate of drug-likeness (QED) is 0.709. The second-order valence-corrected chi connectivity index (χ2v) is 4.32. The van der Waals surface area contributed by atoms with Gasteiger partial charge >= 0.3 is 0 Å². The lowest BCUT2D eigenvalue weighted by atomic mass is 10.0. The van der Waals surface area contributed by atoms with E-state index in [1.54, 1.807) is 18.9 Å². The van der Waals surface area contributed by atoms with Crippen molar-refractivity contribution in [2.45, 2.75) is 12.2 Å². The smallest absolute Gasteiger partial charge is 0.164 e. The first-order valence-electron chi connectivity index (χ1n) is 4.59. The van der Waals surface area contributed by atoms with Gasteiger partial charge in [-0.15, -0.1) is 0 Å². The van der Waals surface area contributed by atoms with Crippen molar-refractivity contribution in [3.63, 3.8) is 0 Å². The molecule has 1 aromatic carbocycles. The number of thioether (sulfide) groups is 1. The minimum absolute atomic E-state index is 0.240. The highest BCUT2D eigenvalue weighted by atomic mass is 32.2. The molecule has 2 nitrogen and oxygen atoms in total. The van der Waals surface area contributed by atoms with Crippen molar-refractivity contribution in [3.05, 3.63) is 29.3 Å². The van der Waals surface area contributed by atoms with E-state index in [9.17, 15) is 4.79 Å². The number of Topliss-reactive ketones (excluding diaryl/α,β-unsaturated/α-hetero) is 1. The van der Waals surface area contributed by atoms with Crippen molar-refractivity contribution in [1.82, 2.24) is 0 Å². The Balaban J connectivity index is 2.51. The summed E-state index contributed by atoms with van der Waals surface area (Å²) in [5.41, 5.74) is 1.90. The largest absolute Gasteiger partial charge is 0.496 e. The summed E-state index contributed by atoms with van der Waals surface area (Å²) in [4.78, 5) is 11.7. The van der Waals surface area contributed by atoms with E-state index in [0.717, 1.165) is 28.4 Å².